The van der Waals surface area contributed by atoms with Crippen molar-refractivity contribution in [2.45, 2.75) is 94.2 Å². The average molecular weight is 598 g/mol. The number of nitrogens with zero attached hydrogens (tertiary/aromatic N) is 2. The highest BCUT2D eigenvalue weighted by molar-refractivity contribution is 7.89. The second-order valence-electron chi connectivity index (χ2n) is 12.4. The first-order chi connectivity index (χ1) is 20.2. The van der Waals surface area contributed by atoms with E-state index in [1.807, 2.05) is 0 Å². The summed E-state index contributed by atoms with van der Waals surface area (Å²) in [4.78, 5) is 15.9. The number of benzene rings is 2. The minimum absolute atomic E-state index is 0.0528. The van der Waals surface area contributed by atoms with E-state index in [1.165, 1.54) is 31.5 Å². The molecule has 9 heteroatoms. The lowest BCUT2D eigenvalue weighted by Gasteiger charge is -2.47. The van der Waals surface area contributed by atoms with Gasteiger partial charge in [-0.2, -0.15) is 4.31 Å². The number of aryl methyl sites for hydroxylation is 2. The van der Waals surface area contributed by atoms with Crippen LogP contribution in [0.2, 0.25) is 0 Å². The zero-order valence-corrected chi connectivity index (χ0v) is 26.3. The Morgan fingerprint density at radius 3 is 2.29 bits per heavy atom. The predicted molar refractivity (Wildman–Crippen MR) is 164 cm³/mol. The summed E-state index contributed by atoms with van der Waals surface area (Å²) < 4.78 is 40.0. The van der Waals surface area contributed by atoms with Gasteiger partial charge >= 0.3 is 0 Å². The van der Waals surface area contributed by atoms with Crippen LogP contribution in [0.3, 0.4) is 0 Å². The summed E-state index contributed by atoms with van der Waals surface area (Å²) in [6.07, 6.45) is 9.18. The fraction of sp³-hybridized carbons (Fsp3) is 0.606. The Balaban J connectivity index is 1.12. The standard InChI is InChI=1S/C33H47N3O5S/c1-25-20-30(40-3)21-26(2)32(25)42(38,39)36-19-9-12-29(36)23-41-24-31(37)34-28-13-15-33(16-14-28,35-17-7-8-18-35)22-27-10-5-4-6-11-27/h4-6,10-11,20-21,28-29H,7-9,12-19,22-24H2,1-3H3,(H,34,37). The fourth-order valence-corrected chi connectivity index (χ4v) is 9.57. The largest absolute Gasteiger partial charge is 0.497 e. The Bertz CT molecular complexity index is 1300. The van der Waals surface area contributed by atoms with Crippen molar-refractivity contribution in [2.75, 3.05) is 40.0 Å². The molecule has 230 valence electrons. The number of rotatable bonds is 11. The summed E-state index contributed by atoms with van der Waals surface area (Å²) in [5.74, 6) is 0.526. The minimum atomic E-state index is -3.70. The molecular formula is C33H47N3O5S. The molecule has 8 nitrogen and oxygen atoms in total. The van der Waals surface area contributed by atoms with Gasteiger partial charge in [0, 0.05) is 24.2 Å². The molecule has 1 amide bonds. The zero-order chi connectivity index (χ0) is 29.7. The third-order valence-electron chi connectivity index (χ3n) is 9.54. The molecule has 2 aliphatic heterocycles. The first kappa shape index (κ1) is 31.0. The highest BCUT2D eigenvalue weighted by Gasteiger charge is 2.42. The van der Waals surface area contributed by atoms with E-state index >= 15 is 0 Å². The van der Waals surface area contributed by atoms with Gasteiger partial charge in [-0.05, 0) is 114 Å². The van der Waals surface area contributed by atoms with Gasteiger partial charge in [-0.1, -0.05) is 30.3 Å². The van der Waals surface area contributed by atoms with E-state index in [2.05, 4.69) is 40.5 Å². The molecule has 1 atom stereocenters. The second-order valence-corrected chi connectivity index (χ2v) is 14.3. The zero-order valence-electron chi connectivity index (χ0n) is 25.4. The molecule has 5 rings (SSSR count). The van der Waals surface area contributed by atoms with Crippen LogP contribution in [0.15, 0.2) is 47.4 Å². The number of likely N-dealkylation sites (tertiary alicyclic amines) is 1. The SMILES string of the molecule is COc1cc(C)c(S(=O)(=O)N2CCCC2COCC(=O)NC2CCC(Cc3ccccc3)(N3CCCC3)CC2)c(C)c1. The number of hydrogen-bond acceptors (Lipinski definition) is 6. The van der Waals surface area contributed by atoms with Gasteiger partial charge in [0.1, 0.15) is 12.4 Å². The number of methoxy groups -OCH3 is 1. The summed E-state index contributed by atoms with van der Waals surface area (Å²) >= 11 is 0. The van der Waals surface area contributed by atoms with E-state index in [-0.39, 0.29) is 36.7 Å². The lowest BCUT2D eigenvalue weighted by molar-refractivity contribution is -0.127. The Morgan fingerprint density at radius 2 is 1.64 bits per heavy atom. The molecule has 0 radical (unpaired) electrons. The molecule has 1 N–H and O–H groups in total. The molecule has 0 aromatic heterocycles. The lowest BCUT2D eigenvalue weighted by Crippen LogP contribution is -2.54. The highest BCUT2D eigenvalue weighted by atomic mass is 32.2. The predicted octanol–water partition coefficient (Wildman–Crippen LogP) is 4.62. The molecule has 3 fully saturated rings. The van der Waals surface area contributed by atoms with E-state index in [0.29, 0.717) is 28.3 Å². The van der Waals surface area contributed by atoms with E-state index in [1.54, 1.807) is 37.4 Å². The molecule has 0 spiro atoms. The molecule has 2 heterocycles. The highest BCUT2D eigenvalue weighted by Crippen LogP contribution is 2.39. The fourth-order valence-electron chi connectivity index (χ4n) is 7.47. The second kappa shape index (κ2) is 13.5. The number of ether oxygens (including phenoxy) is 2. The van der Waals surface area contributed by atoms with E-state index < -0.39 is 10.0 Å². The van der Waals surface area contributed by atoms with Crippen molar-refractivity contribution in [1.82, 2.24) is 14.5 Å². The van der Waals surface area contributed by atoms with Crippen LogP contribution in [-0.2, 0) is 26.0 Å². The van der Waals surface area contributed by atoms with Crippen molar-refractivity contribution >= 4 is 15.9 Å². The van der Waals surface area contributed by atoms with Crippen LogP contribution in [-0.4, -0.2) is 81.1 Å². The Hall–Kier alpha value is -2.46. The summed E-state index contributed by atoms with van der Waals surface area (Å²) in [5, 5.41) is 3.20. The van der Waals surface area contributed by atoms with Crippen LogP contribution in [0.4, 0.5) is 0 Å². The maximum Gasteiger partial charge on any atom is 0.246 e. The Morgan fingerprint density at radius 1 is 0.976 bits per heavy atom. The first-order valence-corrected chi connectivity index (χ1v) is 17.0. The molecule has 1 unspecified atom stereocenters. The third kappa shape index (κ3) is 6.85. The third-order valence-corrected chi connectivity index (χ3v) is 11.8. The Kier molecular flexibility index (Phi) is 9.92. The van der Waals surface area contributed by atoms with Crippen LogP contribution in [0.1, 0.15) is 68.1 Å². The van der Waals surface area contributed by atoms with Crippen LogP contribution in [0, 0.1) is 13.8 Å². The van der Waals surface area contributed by atoms with Gasteiger partial charge in [-0.25, -0.2) is 8.42 Å². The van der Waals surface area contributed by atoms with Crippen molar-refractivity contribution < 1.29 is 22.7 Å². The van der Waals surface area contributed by atoms with Gasteiger partial charge in [-0.15, -0.1) is 0 Å². The van der Waals surface area contributed by atoms with Crippen molar-refractivity contribution in [3.05, 3.63) is 59.2 Å². The smallest absolute Gasteiger partial charge is 0.246 e. The van der Waals surface area contributed by atoms with Gasteiger partial charge in [0.05, 0.1) is 18.6 Å². The van der Waals surface area contributed by atoms with Crippen LogP contribution >= 0.6 is 0 Å². The lowest BCUT2D eigenvalue weighted by atomic mass is 9.74. The maximum atomic E-state index is 13.7. The minimum Gasteiger partial charge on any atom is -0.497 e. The molecule has 2 aromatic rings. The van der Waals surface area contributed by atoms with Crippen molar-refractivity contribution in [3.63, 3.8) is 0 Å². The monoisotopic (exact) mass is 597 g/mol. The first-order valence-electron chi connectivity index (χ1n) is 15.5. The molecule has 2 aromatic carbocycles. The topological polar surface area (TPSA) is 88.2 Å². The molecule has 0 bridgehead atoms. The van der Waals surface area contributed by atoms with Crippen molar-refractivity contribution in [1.29, 1.82) is 0 Å². The number of carbonyl (C=O) groups is 1. The molecule has 1 saturated carbocycles. The van der Waals surface area contributed by atoms with Gasteiger partial charge in [0.25, 0.3) is 0 Å². The van der Waals surface area contributed by atoms with Crippen LogP contribution in [0.5, 0.6) is 5.75 Å². The maximum absolute atomic E-state index is 13.7. The van der Waals surface area contributed by atoms with Gasteiger partial charge in [0.15, 0.2) is 0 Å². The van der Waals surface area contributed by atoms with E-state index in [4.69, 9.17) is 9.47 Å². The normalized spacial score (nSPS) is 25.5. The summed E-state index contributed by atoms with van der Waals surface area (Å²) in [6.45, 7) is 6.56. The van der Waals surface area contributed by atoms with Crippen LogP contribution in [0.25, 0.3) is 0 Å². The molecule has 42 heavy (non-hydrogen) atoms. The molecule has 1 aliphatic carbocycles. The summed E-state index contributed by atoms with van der Waals surface area (Å²) in [5.41, 5.74) is 2.90. The van der Waals surface area contributed by atoms with Crippen molar-refractivity contribution in [2.24, 2.45) is 0 Å². The average Bonchev–Trinajstić information content (AvgIpc) is 3.68. The molecule has 3 aliphatic rings. The van der Waals surface area contributed by atoms with Gasteiger partial charge in [0.2, 0.25) is 15.9 Å². The van der Waals surface area contributed by atoms with E-state index in [9.17, 15) is 13.2 Å². The number of hydrogen-bond donors (Lipinski definition) is 1. The number of amides is 1. The van der Waals surface area contributed by atoms with E-state index in [0.717, 1.165) is 44.9 Å². The van der Waals surface area contributed by atoms with Crippen molar-refractivity contribution in [3.8, 4) is 5.75 Å². The molecular weight excluding hydrogens is 550 g/mol. The van der Waals surface area contributed by atoms with Gasteiger partial charge in [-0.3, -0.25) is 9.69 Å². The molecule has 2 saturated heterocycles. The van der Waals surface area contributed by atoms with Gasteiger partial charge < -0.3 is 14.8 Å². The number of sulfonamides is 1. The summed E-state index contributed by atoms with van der Waals surface area (Å²) in [7, 11) is -2.12. The number of carbonyl (C=O) groups excluding carboxylic acids is 1. The number of nitrogens with one attached hydrogen (secondary N) is 1. The summed E-state index contributed by atoms with van der Waals surface area (Å²) in [6, 6.07) is 14.2. The Labute approximate surface area is 251 Å². The quantitative estimate of drug-likeness (QED) is 0.407. The van der Waals surface area contributed by atoms with Crippen LogP contribution < -0.4 is 10.1 Å².